The Morgan fingerprint density at radius 1 is 1.03 bits per heavy atom. The second-order valence-corrected chi connectivity index (χ2v) is 7.44. The van der Waals surface area contributed by atoms with E-state index in [4.69, 9.17) is 4.74 Å². The van der Waals surface area contributed by atoms with E-state index in [0.717, 1.165) is 27.5 Å². The largest absolute Gasteiger partial charge is 0.494 e. The molecule has 2 N–H and O–H groups in total. The fourth-order valence-corrected chi connectivity index (χ4v) is 3.73. The average molecular weight is 431 g/mol. The van der Waals surface area contributed by atoms with Gasteiger partial charge in [-0.2, -0.15) is 9.97 Å². The number of anilines is 4. The fraction of sp³-hybridized carbons (Fsp3) is 0.100. The summed E-state index contributed by atoms with van der Waals surface area (Å²) in [6.45, 7) is 1.94. The Morgan fingerprint density at radius 2 is 1.90 bits per heavy atom. The first kappa shape index (κ1) is 18.9. The Bertz CT molecular complexity index is 1350. The molecule has 5 rings (SSSR count). The first-order valence-corrected chi connectivity index (χ1v) is 10.2. The van der Waals surface area contributed by atoms with Crippen LogP contribution in [0.25, 0.3) is 16.0 Å². The number of nitrogens with zero attached hydrogens (tertiary/aromatic N) is 7. The molecule has 10 nitrogen and oxygen atoms in total. The molecule has 0 unspecified atom stereocenters. The molecule has 0 spiro atoms. The van der Waals surface area contributed by atoms with Crippen molar-refractivity contribution >= 4 is 44.8 Å². The molecule has 0 aliphatic heterocycles. The zero-order chi connectivity index (χ0) is 21.2. The Labute approximate surface area is 181 Å². The van der Waals surface area contributed by atoms with Crippen LogP contribution in [0.1, 0.15) is 5.69 Å². The van der Waals surface area contributed by atoms with Gasteiger partial charge in [0.1, 0.15) is 16.8 Å². The molecule has 154 valence electrons. The number of fused-ring (bicyclic) bond motifs is 1. The number of ether oxygens (including phenoxy) is 1. The molecule has 1 aromatic carbocycles. The molecule has 0 saturated heterocycles. The molecule has 0 aliphatic rings. The highest BCUT2D eigenvalue weighted by Crippen LogP contribution is 2.31. The summed E-state index contributed by atoms with van der Waals surface area (Å²) in [4.78, 5) is 25.8. The second kappa shape index (κ2) is 7.95. The van der Waals surface area contributed by atoms with Gasteiger partial charge in [0.25, 0.3) is 0 Å². The topological polar surface area (TPSA) is 116 Å². The third-order valence-electron chi connectivity index (χ3n) is 4.44. The van der Waals surface area contributed by atoms with Crippen LogP contribution < -0.4 is 15.4 Å². The highest BCUT2D eigenvalue weighted by Gasteiger charge is 2.13. The normalized spacial score (nSPS) is 10.9. The van der Waals surface area contributed by atoms with Gasteiger partial charge >= 0.3 is 0 Å². The Kier molecular flexibility index (Phi) is 4.84. The minimum Gasteiger partial charge on any atom is -0.494 e. The van der Waals surface area contributed by atoms with E-state index in [0.29, 0.717) is 23.2 Å². The second-order valence-electron chi connectivity index (χ2n) is 6.59. The lowest BCUT2D eigenvalue weighted by molar-refractivity contribution is 0.413. The predicted molar refractivity (Wildman–Crippen MR) is 119 cm³/mol. The lowest BCUT2D eigenvalue weighted by atomic mass is 10.2. The van der Waals surface area contributed by atoms with Gasteiger partial charge in [0.05, 0.1) is 48.4 Å². The molecule has 4 aromatic heterocycles. The maximum absolute atomic E-state index is 5.58. The molecule has 0 amide bonds. The van der Waals surface area contributed by atoms with Gasteiger partial charge in [-0.1, -0.05) is 0 Å². The molecule has 0 aliphatic carbocycles. The van der Waals surface area contributed by atoms with E-state index < -0.39 is 0 Å². The standard InChI is InChI=1S/C20H17N9OS/c1-12-8-29(10-23-12)15-4-3-13(5-16(15)30-2)26-20-27-18-17(31-11-24-18)19(28-20)25-14-6-21-9-22-7-14/h3-11H,1-2H3,(H2,25,26,27,28). The van der Waals surface area contributed by atoms with Crippen molar-refractivity contribution in [1.82, 2.24) is 34.5 Å². The van der Waals surface area contributed by atoms with Gasteiger partial charge in [-0.3, -0.25) is 0 Å². The van der Waals surface area contributed by atoms with Crippen LogP contribution >= 0.6 is 11.3 Å². The van der Waals surface area contributed by atoms with Gasteiger partial charge in [0, 0.05) is 18.0 Å². The summed E-state index contributed by atoms with van der Waals surface area (Å²) in [5, 5.41) is 6.47. The minimum atomic E-state index is 0.408. The van der Waals surface area contributed by atoms with Crippen LogP contribution in [0.3, 0.4) is 0 Å². The lowest BCUT2D eigenvalue weighted by Gasteiger charge is -2.13. The summed E-state index contributed by atoms with van der Waals surface area (Å²) in [6.07, 6.45) is 8.52. The van der Waals surface area contributed by atoms with E-state index in [-0.39, 0.29) is 0 Å². The highest BCUT2D eigenvalue weighted by molar-refractivity contribution is 7.17. The van der Waals surface area contributed by atoms with Crippen LogP contribution in [-0.2, 0) is 0 Å². The van der Waals surface area contributed by atoms with E-state index in [1.54, 1.807) is 31.3 Å². The molecule has 0 fully saturated rings. The molecule has 0 bridgehead atoms. The number of rotatable bonds is 6. The van der Waals surface area contributed by atoms with E-state index in [1.165, 1.54) is 17.7 Å². The summed E-state index contributed by atoms with van der Waals surface area (Å²) in [6, 6.07) is 5.77. The van der Waals surface area contributed by atoms with Gasteiger partial charge in [-0.05, 0) is 19.1 Å². The monoisotopic (exact) mass is 431 g/mol. The van der Waals surface area contributed by atoms with Crippen LogP contribution in [0.5, 0.6) is 5.75 Å². The minimum absolute atomic E-state index is 0.408. The molecule has 0 saturated carbocycles. The zero-order valence-corrected chi connectivity index (χ0v) is 17.5. The lowest BCUT2D eigenvalue weighted by Crippen LogP contribution is -2.03. The molecular formula is C20H17N9OS. The number of aromatic nitrogens is 7. The molecule has 11 heteroatoms. The summed E-state index contributed by atoms with van der Waals surface area (Å²) in [5.74, 6) is 1.73. The summed E-state index contributed by atoms with van der Waals surface area (Å²) in [5.41, 5.74) is 5.65. The van der Waals surface area contributed by atoms with Gasteiger partial charge in [-0.25, -0.2) is 19.9 Å². The van der Waals surface area contributed by atoms with Crippen molar-refractivity contribution in [3.63, 3.8) is 0 Å². The predicted octanol–water partition coefficient (Wildman–Crippen LogP) is 3.87. The maximum atomic E-state index is 5.58. The van der Waals surface area contributed by atoms with Crippen LogP contribution in [0, 0.1) is 6.92 Å². The number of methoxy groups -OCH3 is 1. The van der Waals surface area contributed by atoms with Gasteiger partial charge < -0.3 is 19.9 Å². The smallest absolute Gasteiger partial charge is 0.231 e. The number of hydrogen-bond acceptors (Lipinski definition) is 10. The van der Waals surface area contributed by atoms with Crippen molar-refractivity contribution in [2.45, 2.75) is 6.92 Å². The first-order chi connectivity index (χ1) is 15.2. The fourth-order valence-electron chi connectivity index (χ4n) is 3.06. The van der Waals surface area contributed by atoms with Crippen LogP contribution in [-0.4, -0.2) is 41.6 Å². The van der Waals surface area contributed by atoms with Crippen molar-refractivity contribution in [3.8, 4) is 11.4 Å². The van der Waals surface area contributed by atoms with Crippen LogP contribution in [0.2, 0.25) is 0 Å². The number of aryl methyl sites for hydroxylation is 1. The van der Waals surface area contributed by atoms with Crippen molar-refractivity contribution in [1.29, 1.82) is 0 Å². The average Bonchev–Trinajstić information content (AvgIpc) is 3.43. The van der Waals surface area contributed by atoms with Crippen molar-refractivity contribution in [2.24, 2.45) is 0 Å². The maximum Gasteiger partial charge on any atom is 0.231 e. The quantitative estimate of drug-likeness (QED) is 0.413. The van der Waals surface area contributed by atoms with E-state index in [9.17, 15) is 0 Å². The summed E-state index contributed by atoms with van der Waals surface area (Å²) >= 11 is 1.46. The Morgan fingerprint density at radius 3 is 2.68 bits per heavy atom. The molecule has 4 heterocycles. The number of imidazole rings is 1. The Balaban J connectivity index is 1.47. The van der Waals surface area contributed by atoms with Gasteiger partial charge in [0.15, 0.2) is 11.5 Å². The highest BCUT2D eigenvalue weighted by atomic mass is 32.1. The Hall–Kier alpha value is -4.12. The van der Waals surface area contributed by atoms with E-state index in [2.05, 4.69) is 40.5 Å². The number of benzene rings is 1. The van der Waals surface area contributed by atoms with Crippen LogP contribution in [0.4, 0.5) is 23.1 Å². The molecule has 5 aromatic rings. The third kappa shape index (κ3) is 3.85. The summed E-state index contributed by atoms with van der Waals surface area (Å²) in [7, 11) is 1.63. The van der Waals surface area contributed by atoms with Crippen LogP contribution in [0.15, 0.2) is 55.0 Å². The third-order valence-corrected chi connectivity index (χ3v) is 5.26. The molecule has 0 radical (unpaired) electrons. The van der Waals surface area contributed by atoms with Crippen molar-refractivity contribution in [2.75, 3.05) is 17.7 Å². The van der Waals surface area contributed by atoms with Crippen molar-refractivity contribution in [3.05, 3.63) is 60.6 Å². The zero-order valence-electron chi connectivity index (χ0n) is 16.6. The first-order valence-electron chi connectivity index (χ1n) is 9.29. The SMILES string of the molecule is COc1cc(Nc2nc(Nc3cncnc3)c3scnc3n2)ccc1-n1cnc(C)c1. The number of hydrogen-bond donors (Lipinski definition) is 2. The van der Waals surface area contributed by atoms with Gasteiger partial charge in [0.2, 0.25) is 5.95 Å². The summed E-state index contributed by atoms with van der Waals surface area (Å²) < 4.78 is 8.34. The van der Waals surface area contributed by atoms with E-state index in [1.807, 2.05) is 35.9 Å². The molecular weight excluding hydrogens is 414 g/mol. The number of nitrogens with one attached hydrogen (secondary N) is 2. The van der Waals surface area contributed by atoms with Crippen molar-refractivity contribution < 1.29 is 4.74 Å². The number of thiazole rings is 1. The molecule has 31 heavy (non-hydrogen) atoms. The van der Waals surface area contributed by atoms with E-state index >= 15 is 0 Å². The van der Waals surface area contributed by atoms with Gasteiger partial charge in [-0.15, -0.1) is 11.3 Å². The molecule has 0 atom stereocenters.